The number of nitrogens with two attached hydrogens (primary N) is 2. The first-order valence-corrected chi connectivity index (χ1v) is 11.3. The number of aryl methyl sites for hydroxylation is 1. The average Bonchev–Trinajstić information content (AvgIpc) is 2.80. The molecule has 1 aromatic carbocycles. The number of hydrogen-bond donors (Lipinski definition) is 3. The number of amides is 1. The van der Waals surface area contributed by atoms with Gasteiger partial charge in [-0.25, -0.2) is 4.98 Å². The van der Waals surface area contributed by atoms with Crippen molar-refractivity contribution in [2.24, 2.45) is 11.5 Å². The number of likely N-dealkylation sites (N-methyl/N-ethyl adjacent to an activating group) is 1. The molecule has 0 saturated carbocycles. The number of ether oxygens (including phenoxy) is 1. The summed E-state index contributed by atoms with van der Waals surface area (Å²) in [6.45, 7) is 9.43. The topological polar surface area (TPSA) is 123 Å². The summed E-state index contributed by atoms with van der Waals surface area (Å²) in [5, 5.41) is 3.12. The van der Waals surface area contributed by atoms with Gasteiger partial charge in [0.15, 0.2) is 16.7 Å². The molecule has 0 aliphatic carbocycles. The zero-order valence-corrected chi connectivity index (χ0v) is 20.2. The van der Waals surface area contributed by atoms with E-state index in [-0.39, 0.29) is 22.6 Å². The molecule has 3 rings (SSSR count). The maximum absolute atomic E-state index is 12.1. The van der Waals surface area contributed by atoms with E-state index in [9.17, 15) is 4.79 Å². The van der Waals surface area contributed by atoms with Crippen LogP contribution in [0.25, 0.3) is 0 Å². The first-order chi connectivity index (χ1) is 16.3. The fraction of sp³-hybridized carbons (Fsp3) is 0.292. The van der Waals surface area contributed by atoms with Crippen molar-refractivity contribution in [3.63, 3.8) is 0 Å². The number of carbonyl (C=O) groups is 1. The number of hydrogen-bond acceptors (Lipinski definition) is 8. The third kappa shape index (κ3) is 6.49. The highest BCUT2D eigenvalue weighted by Gasteiger charge is 2.19. The third-order valence-electron chi connectivity index (χ3n) is 5.28. The molecular weight excluding hydrogens is 454 g/mol. The zero-order valence-electron chi connectivity index (χ0n) is 19.4. The van der Waals surface area contributed by atoms with Crippen molar-refractivity contribution in [2.45, 2.75) is 13.3 Å². The summed E-state index contributed by atoms with van der Waals surface area (Å²) in [5.41, 5.74) is 14.0. The number of aromatic nitrogens is 2. The van der Waals surface area contributed by atoms with Crippen LogP contribution in [0, 0.1) is 0 Å². The van der Waals surface area contributed by atoms with Gasteiger partial charge in [0.2, 0.25) is 5.88 Å². The molecule has 1 fully saturated rings. The molecule has 5 N–H and O–H groups in total. The predicted molar refractivity (Wildman–Crippen MR) is 136 cm³/mol. The van der Waals surface area contributed by atoms with Gasteiger partial charge in [0.1, 0.15) is 5.69 Å². The maximum Gasteiger partial charge on any atom is 0.271 e. The Hall–Kier alpha value is -3.56. The van der Waals surface area contributed by atoms with Crippen molar-refractivity contribution in [3.8, 4) is 5.88 Å². The molecule has 1 aromatic heterocycles. The van der Waals surface area contributed by atoms with Crippen LogP contribution in [0.4, 0.5) is 17.2 Å². The third-order valence-corrected chi connectivity index (χ3v) is 5.47. The van der Waals surface area contributed by atoms with Gasteiger partial charge in [-0.15, -0.1) is 0 Å². The fourth-order valence-corrected chi connectivity index (χ4v) is 3.62. The minimum absolute atomic E-state index is 0.00564. The number of anilines is 3. The van der Waals surface area contributed by atoms with Crippen LogP contribution in [-0.2, 0) is 6.42 Å². The van der Waals surface area contributed by atoms with E-state index in [0.29, 0.717) is 17.8 Å². The highest BCUT2D eigenvalue weighted by atomic mass is 35.5. The Morgan fingerprint density at radius 3 is 2.47 bits per heavy atom. The van der Waals surface area contributed by atoms with E-state index in [0.717, 1.165) is 37.6 Å². The van der Waals surface area contributed by atoms with E-state index < -0.39 is 5.91 Å². The maximum atomic E-state index is 12.1. The van der Waals surface area contributed by atoms with E-state index in [2.05, 4.69) is 38.7 Å². The lowest BCUT2D eigenvalue weighted by molar-refractivity contribution is 0.0996. The van der Waals surface area contributed by atoms with Gasteiger partial charge in [-0.3, -0.25) is 4.79 Å². The van der Waals surface area contributed by atoms with E-state index in [4.69, 9.17) is 27.8 Å². The number of rotatable bonds is 9. The second kappa shape index (κ2) is 11.5. The smallest absolute Gasteiger partial charge is 0.271 e. The molecule has 0 bridgehead atoms. The van der Waals surface area contributed by atoms with Gasteiger partial charge < -0.3 is 31.3 Å². The Labute approximate surface area is 204 Å². The number of nitrogens with one attached hydrogen (secondary N) is 1. The molecule has 1 amide bonds. The van der Waals surface area contributed by atoms with Crippen LogP contribution >= 0.6 is 11.6 Å². The number of benzene rings is 1. The second-order valence-electron chi connectivity index (χ2n) is 7.81. The monoisotopic (exact) mass is 483 g/mol. The molecule has 9 nitrogen and oxygen atoms in total. The van der Waals surface area contributed by atoms with Crippen molar-refractivity contribution >= 4 is 34.7 Å². The van der Waals surface area contributed by atoms with Gasteiger partial charge in [0, 0.05) is 49.3 Å². The van der Waals surface area contributed by atoms with Gasteiger partial charge in [0.25, 0.3) is 5.91 Å². The van der Waals surface area contributed by atoms with Gasteiger partial charge in [0.05, 0.1) is 0 Å². The highest BCUT2D eigenvalue weighted by molar-refractivity contribution is 6.28. The summed E-state index contributed by atoms with van der Waals surface area (Å²) in [6, 6.07) is 7.89. The second-order valence-corrected chi connectivity index (χ2v) is 8.18. The van der Waals surface area contributed by atoms with Crippen molar-refractivity contribution in [2.75, 3.05) is 43.4 Å². The Kier molecular flexibility index (Phi) is 8.50. The summed E-state index contributed by atoms with van der Waals surface area (Å²) in [5.74, 6) is -0.382. The van der Waals surface area contributed by atoms with Gasteiger partial charge >= 0.3 is 0 Å². The summed E-state index contributed by atoms with van der Waals surface area (Å²) >= 11 is 6.19. The van der Waals surface area contributed by atoms with Crippen LogP contribution in [0.3, 0.4) is 0 Å². The molecule has 180 valence electrons. The minimum atomic E-state index is -0.704. The molecule has 1 aliphatic rings. The minimum Gasteiger partial charge on any atom is -0.425 e. The van der Waals surface area contributed by atoms with Crippen molar-refractivity contribution < 1.29 is 9.53 Å². The summed E-state index contributed by atoms with van der Waals surface area (Å²) in [6.07, 6.45) is 4.99. The molecule has 1 saturated heterocycles. The molecule has 2 aromatic rings. The molecule has 1 aliphatic heterocycles. The molecule has 2 heterocycles. The largest absolute Gasteiger partial charge is 0.425 e. The van der Waals surface area contributed by atoms with Crippen LogP contribution in [0.5, 0.6) is 5.88 Å². The lowest BCUT2D eigenvalue weighted by Gasteiger charge is -2.34. The Morgan fingerprint density at radius 1 is 1.21 bits per heavy atom. The fourth-order valence-electron chi connectivity index (χ4n) is 3.42. The number of primary amides is 1. The number of nitrogens with zero attached hydrogens (tertiary/aromatic N) is 4. The summed E-state index contributed by atoms with van der Waals surface area (Å²) in [4.78, 5) is 25.5. The van der Waals surface area contributed by atoms with Crippen molar-refractivity contribution in [3.05, 3.63) is 71.4 Å². The molecule has 0 atom stereocenters. The average molecular weight is 484 g/mol. The van der Waals surface area contributed by atoms with E-state index in [1.165, 1.54) is 12.2 Å². The van der Waals surface area contributed by atoms with Crippen molar-refractivity contribution in [1.82, 2.24) is 14.9 Å². The summed E-state index contributed by atoms with van der Waals surface area (Å²) < 4.78 is 5.67. The van der Waals surface area contributed by atoms with Crippen LogP contribution in [-0.4, -0.2) is 54.0 Å². The SMILES string of the molecule is C=C/C=C(N)\C=C(/Cl)Oc1nc(Nc2ccc(N3CCN(C)CC3)cc2)c(C(N)=O)nc1CC. The van der Waals surface area contributed by atoms with E-state index >= 15 is 0 Å². The normalized spacial score (nSPS) is 15.2. The highest BCUT2D eigenvalue weighted by Crippen LogP contribution is 2.27. The molecule has 0 radical (unpaired) electrons. The first-order valence-electron chi connectivity index (χ1n) is 10.9. The summed E-state index contributed by atoms with van der Waals surface area (Å²) in [7, 11) is 2.12. The van der Waals surface area contributed by atoms with Crippen LogP contribution in [0.2, 0.25) is 0 Å². The van der Waals surface area contributed by atoms with Crippen LogP contribution < -0.4 is 26.4 Å². The molecule has 0 spiro atoms. The quantitative estimate of drug-likeness (QED) is 0.367. The molecule has 10 heteroatoms. The van der Waals surface area contributed by atoms with E-state index in [1.807, 2.05) is 31.2 Å². The Balaban J connectivity index is 1.86. The van der Waals surface area contributed by atoms with Gasteiger partial charge in [-0.2, -0.15) is 4.98 Å². The van der Waals surface area contributed by atoms with Gasteiger partial charge in [-0.05, 0) is 55.4 Å². The van der Waals surface area contributed by atoms with Crippen molar-refractivity contribution in [1.29, 1.82) is 0 Å². The van der Waals surface area contributed by atoms with E-state index in [1.54, 1.807) is 6.08 Å². The Bertz CT molecular complexity index is 1090. The number of allylic oxidation sites excluding steroid dienone is 3. The lowest BCUT2D eigenvalue weighted by Crippen LogP contribution is -2.44. The first kappa shape index (κ1) is 25.1. The number of piperazine rings is 1. The van der Waals surface area contributed by atoms with Gasteiger partial charge in [-0.1, -0.05) is 19.6 Å². The molecule has 34 heavy (non-hydrogen) atoms. The number of halogens is 1. The zero-order chi connectivity index (χ0) is 24.7. The Morgan fingerprint density at radius 2 is 1.88 bits per heavy atom. The van der Waals surface area contributed by atoms with Crippen LogP contribution in [0.15, 0.2) is 60.0 Å². The predicted octanol–water partition coefficient (Wildman–Crippen LogP) is 3.12. The standard InChI is InChI=1S/C24H30ClN7O2/c1-4-6-16(26)15-20(25)34-24-19(5-2)29-21(22(27)33)23(30-24)28-17-7-9-18(10-8-17)32-13-11-31(3)12-14-32/h4,6-10,15H,1,5,11-14,26H2,2-3H3,(H2,27,33)(H,28,30)/b16-6+,20-15+. The number of carbonyl (C=O) groups excluding carboxylic acids is 1. The lowest BCUT2D eigenvalue weighted by atomic mass is 10.2. The van der Waals surface area contributed by atoms with Crippen LogP contribution in [0.1, 0.15) is 23.1 Å². The molecular formula is C24H30ClN7O2. The molecule has 0 unspecified atom stereocenters.